The van der Waals surface area contributed by atoms with Gasteiger partial charge in [0.2, 0.25) is 5.56 Å². The highest BCUT2D eigenvalue weighted by Crippen LogP contribution is 2.24. The molecule has 0 aromatic carbocycles. The summed E-state index contributed by atoms with van der Waals surface area (Å²) in [5.74, 6) is 0.0231. The number of hydrogen-bond acceptors (Lipinski definition) is 3. The van der Waals surface area contributed by atoms with E-state index >= 15 is 0 Å². The lowest BCUT2D eigenvalue weighted by Gasteiger charge is -2.30. The van der Waals surface area contributed by atoms with E-state index in [0.717, 1.165) is 25.9 Å². The van der Waals surface area contributed by atoms with Crippen LogP contribution in [0.2, 0.25) is 0 Å². The highest BCUT2D eigenvalue weighted by atomic mass is 16.2. The summed E-state index contributed by atoms with van der Waals surface area (Å²) in [5.41, 5.74) is 0.387. The van der Waals surface area contributed by atoms with Gasteiger partial charge >= 0.3 is 0 Å². The van der Waals surface area contributed by atoms with Crippen molar-refractivity contribution in [1.29, 1.82) is 0 Å². The first-order valence-electron chi connectivity index (χ1n) is 7.22. The molecule has 0 radical (unpaired) electrons. The number of H-pyrrole nitrogens is 1. The molecule has 0 atom stereocenters. The zero-order valence-corrected chi connectivity index (χ0v) is 12.3. The first-order valence-corrected chi connectivity index (χ1v) is 7.22. The van der Waals surface area contributed by atoms with Crippen LogP contribution < -0.4 is 5.56 Å². The molecule has 5 heteroatoms. The second kappa shape index (κ2) is 6.70. The van der Waals surface area contributed by atoms with E-state index < -0.39 is 0 Å². The van der Waals surface area contributed by atoms with Crippen molar-refractivity contribution in [2.45, 2.75) is 31.7 Å². The predicted octanol–water partition coefficient (Wildman–Crippen LogP) is 1.32. The fraction of sp³-hybridized carbons (Fsp3) is 0.600. The molecule has 1 heterocycles. The number of hydrogen-bond donors (Lipinski definition) is 1. The molecule has 1 aliphatic carbocycles. The van der Waals surface area contributed by atoms with Gasteiger partial charge in [-0.15, -0.1) is 0 Å². The van der Waals surface area contributed by atoms with Gasteiger partial charge in [-0.1, -0.05) is 12.8 Å². The van der Waals surface area contributed by atoms with Crippen LogP contribution in [0.1, 0.15) is 36.0 Å². The smallest absolute Gasteiger partial charge is 0.255 e. The van der Waals surface area contributed by atoms with Gasteiger partial charge < -0.3 is 14.8 Å². The Labute approximate surface area is 119 Å². The van der Waals surface area contributed by atoms with Crippen LogP contribution in [0.15, 0.2) is 23.1 Å². The van der Waals surface area contributed by atoms with E-state index in [1.807, 2.05) is 19.0 Å². The summed E-state index contributed by atoms with van der Waals surface area (Å²) in [5, 5.41) is 0. The van der Waals surface area contributed by atoms with Crippen molar-refractivity contribution in [3.63, 3.8) is 0 Å². The van der Waals surface area contributed by atoms with Gasteiger partial charge in [-0.2, -0.15) is 0 Å². The third kappa shape index (κ3) is 3.70. The molecule has 1 fully saturated rings. The summed E-state index contributed by atoms with van der Waals surface area (Å²) in [6, 6.07) is 3.36. The van der Waals surface area contributed by atoms with Gasteiger partial charge in [-0.25, -0.2) is 0 Å². The standard InChI is InChI=1S/C15H23N3O2/c1-17(2)9-10-18(13-5-3-4-6-13)15(20)12-7-8-14(19)16-11-12/h7-8,11,13H,3-6,9-10H2,1-2H3,(H,16,19). The van der Waals surface area contributed by atoms with Crippen molar-refractivity contribution in [1.82, 2.24) is 14.8 Å². The van der Waals surface area contributed by atoms with Gasteiger partial charge in [0.1, 0.15) is 0 Å². The molecule has 0 spiro atoms. The number of pyridine rings is 1. The average molecular weight is 277 g/mol. The summed E-state index contributed by atoms with van der Waals surface area (Å²) in [6.45, 7) is 1.58. The second-order valence-corrected chi connectivity index (χ2v) is 5.68. The number of amides is 1. The van der Waals surface area contributed by atoms with Crippen molar-refractivity contribution in [2.75, 3.05) is 27.2 Å². The number of carbonyl (C=O) groups is 1. The number of aromatic nitrogens is 1. The predicted molar refractivity (Wildman–Crippen MR) is 78.9 cm³/mol. The molecule has 0 unspecified atom stereocenters. The number of carbonyl (C=O) groups excluding carboxylic acids is 1. The monoisotopic (exact) mass is 277 g/mol. The van der Waals surface area contributed by atoms with Crippen molar-refractivity contribution >= 4 is 5.91 Å². The Morgan fingerprint density at radius 3 is 2.50 bits per heavy atom. The van der Waals surface area contributed by atoms with Crippen LogP contribution in [0, 0.1) is 0 Å². The summed E-state index contributed by atoms with van der Waals surface area (Å²) in [6.07, 6.45) is 6.08. The lowest BCUT2D eigenvalue weighted by molar-refractivity contribution is 0.0667. The van der Waals surface area contributed by atoms with E-state index in [-0.39, 0.29) is 11.5 Å². The fourth-order valence-corrected chi connectivity index (χ4v) is 2.68. The Hall–Kier alpha value is -1.62. The van der Waals surface area contributed by atoms with Gasteiger partial charge in [-0.3, -0.25) is 9.59 Å². The number of nitrogens with zero attached hydrogens (tertiary/aromatic N) is 2. The summed E-state index contributed by atoms with van der Waals surface area (Å²) in [7, 11) is 4.02. The molecule has 1 saturated carbocycles. The summed E-state index contributed by atoms with van der Waals surface area (Å²) < 4.78 is 0. The van der Waals surface area contributed by atoms with E-state index in [0.29, 0.717) is 11.6 Å². The van der Waals surface area contributed by atoms with E-state index in [4.69, 9.17) is 0 Å². The molecule has 0 aliphatic heterocycles. The van der Waals surface area contributed by atoms with Crippen LogP contribution in [-0.4, -0.2) is 53.9 Å². The molecule has 0 saturated heterocycles. The minimum atomic E-state index is -0.178. The van der Waals surface area contributed by atoms with Crippen LogP contribution in [0.4, 0.5) is 0 Å². The molecular formula is C15H23N3O2. The van der Waals surface area contributed by atoms with Gasteiger partial charge in [0.05, 0.1) is 5.56 Å². The van der Waals surface area contributed by atoms with Crippen LogP contribution >= 0.6 is 0 Å². The Morgan fingerprint density at radius 1 is 1.25 bits per heavy atom. The van der Waals surface area contributed by atoms with Crippen LogP contribution in [0.5, 0.6) is 0 Å². The normalized spacial score (nSPS) is 15.8. The molecule has 110 valence electrons. The first-order chi connectivity index (χ1) is 9.58. The SMILES string of the molecule is CN(C)CCN(C(=O)c1ccc(=O)[nH]c1)C1CCCC1. The molecule has 2 rings (SSSR count). The minimum Gasteiger partial charge on any atom is -0.334 e. The van der Waals surface area contributed by atoms with Gasteiger partial charge in [0.15, 0.2) is 0 Å². The molecule has 1 aliphatic rings. The molecule has 1 aromatic rings. The lowest BCUT2D eigenvalue weighted by atomic mass is 10.1. The molecule has 5 nitrogen and oxygen atoms in total. The van der Waals surface area contributed by atoms with E-state index in [2.05, 4.69) is 9.88 Å². The third-order valence-corrected chi connectivity index (χ3v) is 3.85. The molecular weight excluding hydrogens is 254 g/mol. The third-order valence-electron chi connectivity index (χ3n) is 3.85. The minimum absolute atomic E-state index is 0.0231. The average Bonchev–Trinajstić information content (AvgIpc) is 2.93. The summed E-state index contributed by atoms with van der Waals surface area (Å²) in [4.78, 5) is 30.4. The Balaban J connectivity index is 2.13. The van der Waals surface area contributed by atoms with E-state index in [1.165, 1.54) is 25.1 Å². The lowest BCUT2D eigenvalue weighted by Crippen LogP contribution is -2.42. The largest absolute Gasteiger partial charge is 0.334 e. The van der Waals surface area contributed by atoms with Crippen LogP contribution in [0.25, 0.3) is 0 Å². The molecule has 1 amide bonds. The number of nitrogens with one attached hydrogen (secondary N) is 1. The quantitative estimate of drug-likeness (QED) is 0.883. The maximum atomic E-state index is 12.6. The maximum absolute atomic E-state index is 12.6. The summed E-state index contributed by atoms with van der Waals surface area (Å²) >= 11 is 0. The van der Waals surface area contributed by atoms with E-state index in [1.54, 1.807) is 6.07 Å². The van der Waals surface area contributed by atoms with Crippen LogP contribution in [0.3, 0.4) is 0 Å². The highest BCUT2D eigenvalue weighted by Gasteiger charge is 2.27. The molecule has 0 bridgehead atoms. The Morgan fingerprint density at radius 2 is 1.95 bits per heavy atom. The van der Waals surface area contributed by atoms with Crippen molar-refractivity contribution < 1.29 is 4.79 Å². The topological polar surface area (TPSA) is 56.4 Å². The fourth-order valence-electron chi connectivity index (χ4n) is 2.68. The van der Waals surface area contributed by atoms with Gasteiger partial charge in [-0.05, 0) is 33.0 Å². The molecule has 1 N–H and O–H groups in total. The second-order valence-electron chi connectivity index (χ2n) is 5.68. The Bertz CT molecular complexity index is 484. The molecule has 20 heavy (non-hydrogen) atoms. The van der Waals surface area contributed by atoms with Crippen molar-refractivity contribution in [3.8, 4) is 0 Å². The van der Waals surface area contributed by atoms with Gasteiger partial charge in [0, 0.05) is 31.4 Å². The zero-order chi connectivity index (χ0) is 14.5. The van der Waals surface area contributed by atoms with Crippen LogP contribution in [-0.2, 0) is 0 Å². The first kappa shape index (κ1) is 14.8. The zero-order valence-electron chi connectivity index (χ0n) is 12.3. The number of rotatable bonds is 5. The van der Waals surface area contributed by atoms with Crippen molar-refractivity contribution in [2.24, 2.45) is 0 Å². The molecule has 1 aromatic heterocycles. The van der Waals surface area contributed by atoms with Crippen molar-refractivity contribution in [3.05, 3.63) is 34.2 Å². The van der Waals surface area contributed by atoms with Gasteiger partial charge in [0.25, 0.3) is 5.91 Å². The maximum Gasteiger partial charge on any atom is 0.255 e. The van der Waals surface area contributed by atoms with E-state index in [9.17, 15) is 9.59 Å². The Kier molecular flexibility index (Phi) is 4.95. The number of likely N-dealkylation sites (N-methyl/N-ethyl adjacent to an activating group) is 1. The highest BCUT2D eigenvalue weighted by molar-refractivity contribution is 5.94. The number of aromatic amines is 1.